The topological polar surface area (TPSA) is 73.6 Å². The number of carbonyl (C=O) groups is 1. The van der Waals surface area contributed by atoms with Crippen molar-refractivity contribution in [2.24, 2.45) is 11.7 Å². The van der Waals surface area contributed by atoms with Gasteiger partial charge in [0.1, 0.15) is 6.10 Å². The Morgan fingerprint density at radius 3 is 2.58 bits per heavy atom. The molecule has 6 heteroatoms. The molecule has 1 saturated carbocycles. The zero-order valence-corrected chi connectivity index (χ0v) is 12.9. The first kappa shape index (κ1) is 18.6. The largest absolute Gasteiger partial charge is 0.379 e. The third kappa shape index (κ3) is 6.08. The molecule has 0 radical (unpaired) electrons. The van der Waals surface area contributed by atoms with E-state index in [1.807, 2.05) is 13.8 Å². The van der Waals surface area contributed by atoms with Crippen molar-refractivity contribution in [3.63, 3.8) is 0 Å². The normalized spacial score (nSPS) is 19.2. The van der Waals surface area contributed by atoms with Gasteiger partial charge in [-0.1, -0.05) is 0 Å². The Bertz CT molecular complexity index is 275. The first-order chi connectivity index (χ1) is 8.53. The Morgan fingerprint density at radius 2 is 2.11 bits per heavy atom. The lowest BCUT2D eigenvalue weighted by Crippen LogP contribution is -2.55. The third-order valence-electron chi connectivity index (χ3n) is 3.48. The molecule has 5 nitrogen and oxygen atoms in total. The van der Waals surface area contributed by atoms with Crippen LogP contribution in [0.25, 0.3) is 0 Å². The van der Waals surface area contributed by atoms with Crippen molar-refractivity contribution < 1.29 is 14.3 Å². The fourth-order valence-corrected chi connectivity index (χ4v) is 1.93. The zero-order chi connectivity index (χ0) is 13.6. The zero-order valence-electron chi connectivity index (χ0n) is 12.1. The minimum atomic E-state index is -0.463. The molecule has 0 saturated heterocycles. The van der Waals surface area contributed by atoms with E-state index in [1.165, 1.54) is 0 Å². The molecule has 1 aliphatic rings. The molecule has 0 bridgehead atoms. The Balaban J connectivity index is 0.00000324. The van der Waals surface area contributed by atoms with Crippen LogP contribution in [0.4, 0.5) is 0 Å². The molecule has 2 unspecified atom stereocenters. The second-order valence-corrected chi connectivity index (χ2v) is 5.10. The number of ether oxygens (including phenoxy) is 2. The highest BCUT2D eigenvalue weighted by Crippen LogP contribution is 2.38. The molecule has 0 heterocycles. The SMILES string of the molecule is CCOCCOC(C)C(=O)NC(C)(CN)C1CC1.Cl. The molecule has 0 aromatic rings. The van der Waals surface area contributed by atoms with Crippen molar-refractivity contribution in [3.05, 3.63) is 0 Å². The van der Waals surface area contributed by atoms with Gasteiger partial charge in [0.25, 0.3) is 0 Å². The van der Waals surface area contributed by atoms with Crippen LogP contribution in [0, 0.1) is 5.92 Å². The molecular formula is C13H27ClN2O3. The molecule has 1 aliphatic carbocycles. The number of nitrogens with one attached hydrogen (secondary N) is 1. The van der Waals surface area contributed by atoms with Crippen LogP contribution in [-0.4, -0.2) is 43.9 Å². The molecule has 1 amide bonds. The summed E-state index contributed by atoms with van der Waals surface area (Å²) >= 11 is 0. The van der Waals surface area contributed by atoms with Gasteiger partial charge in [-0.3, -0.25) is 4.79 Å². The summed E-state index contributed by atoms with van der Waals surface area (Å²) in [5, 5.41) is 3.02. The van der Waals surface area contributed by atoms with Crippen LogP contribution < -0.4 is 11.1 Å². The summed E-state index contributed by atoms with van der Waals surface area (Å²) in [7, 11) is 0. The van der Waals surface area contributed by atoms with E-state index in [0.717, 1.165) is 12.8 Å². The maximum absolute atomic E-state index is 12.0. The number of hydrogen-bond donors (Lipinski definition) is 2. The Hall–Kier alpha value is -0.360. The maximum atomic E-state index is 12.0. The van der Waals surface area contributed by atoms with Gasteiger partial charge in [-0.05, 0) is 39.5 Å². The maximum Gasteiger partial charge on any atom is 0.249 e. The van der Waals surface area contributed by atoms with E-state index in [4.69, 9.17) is 15.2 Å². The quantitative estimate of drug-likeness (QED) is 0.625. The van der Waals surface area contributed by atoms with Crippen LogP contribution in [0.15, 0.2) is 0 Å². The number of nitrogens with two attached hydrogens (primary N) is 1. The Labute approximate surface area is 122 Å². The van der Waals surface area contributed by atoms with Crippen molar-refractivity contribution in [1.29, 1.82) is 0 Å². The summed E-state index contributed by atoms with van der Waals surface area (Å²) < 4.78 is 10.6. The van der Waals surface area contributed by atoms with Crippen molar-refractivity contribution >= 4 is 18.3 Å². The van der Waals surface area contributed by atoms with E-state index in [-0.39, 0.29) is 23.9 Å². The molecule has 0 aromatic heterocycles. The van der Waals surface area contributed by atoms with E-state index in [9.17, 15) is 4.79 Å². The Morgan fingerprint density at radius 1 is 1.47 bits per heavy atom. The minimum Gasteiger partial charge on any atom is -0.379 e. The summed E-state index contributed by atoms with van der Waals surface area (Å²) in [6.45, 7) is 7.78. The van der Waals surface area contributed by atoms with Crippen molar-refractivity contribution in [2.75, 3.05) is 26.4 Å². The minimum absolute atomic E-state index is 0. The molecule has 1 rings (SSSR count). The van der Waals surface area contributed by atoms with E-state index in [0.29, 0.717) is 32.3 Å². The molecule has 2 atom stereocenters. The summed E-state index contributed by atoms with van der Waals surface area (Å²) in [4.78, 5) is 12.0. The van der Waals surface area contributed by atoms with Gasteiger partial charge in [0.15, 0.2) is 0 Å². The van der Waals surface area contributed by atoms with E-state index >= 15 is 0 Å². The fourth-order valence-electron chi connectivity index (χ4n) is 1.93. The van der Waals surface area contributed by atoms with Crippen LogP contribution in [0.2, 0.25) is 0 Å². The van der Waals surface area contributed by atoms with E-state index in [2.05, 4.69) is 5.32 Å². The van der Waals surface area contributed by atoms with Crippen molar-refractivity contribution in [3.8, 4) is 0 Å². The molecule has 1 fully saturated rings. The molecule has 0 aliphatic heterocycles. The molecule has 114 valence electrons. The predicted octanol–water partition coefficient (Wildman–Crippen LogP) is 1.09. The van der Waals surface area contributed by atoms with Crippen LogP contribution >= 0.6 is 12.4 Å². The lowest BCUT2D eigenvalue weighted by atomic mass is 9.95. The monoisotopic (exact) mass is 294 g/mol. The number of carbonyl (C=O) groups excluding carboxylic acids is 1. The van der Waals surface area contributed by atoms with Gasteiger partial charge in [0, 0.05) is 13.2 Å². The van der Waals surface area contributed by atoms with Gasteiger partial charge < -0.3 is 20.5 Å². The highest BCUT2D eigenvalue weighted by molar-refractivity contribution is 5.85. The summed E-state index contributed by atoms with van der Waals surface area (Å²) in [5.41, 5.74) is 5.48. The number of hydrogen-bond acceptors (Lipinski definition) is 4. The predicted molar refractivity (Wildman–Crippen MR) is 77.5 cm³/mol. The van der Waals surface area contributed by atoms with Crippen molar-refractivity contribution in [1.82, 2.24) is 5.32 Å². The van der Waals surface area contributed by atoms with Crippen LogP contribution in [0.5, 0.6) is 0 Å². The first-order valence-corrected chi connectivity index (χ1v) is 6.75. The fraction of sp³-hybridized carbons (Fsp3) is 0.923. The average molecular weight is 295 g/mol. The summed E-state index contributed by atoms with van der Waals surface area (Å²) in [6, 6.07) is 0. The molecule has 19 heavy (non-hydrogen) atoms. The van der Waals surface area contributed by atoms with Gasteiger partial charge >= 0.3 is 0 Å². The van der Waals surface area contributed by atoms with Gasteiger partial charge in [-0.15, -0.1) is 12.4 Å². The average Bonchev–Trinajstić information content (AvgIpc) is 3.18. The standard InChI is InChI=1S/C13H26N2O3.ClH/c1-4-17-7-8-18-10(2)12(16)15-13(3,9-14)11-5-6-11;/h10-11H,4-9,14H2,1-3H3,(H,15,16);1H. The first-order valence-electron chi connectivity index (χ1n) is 6.75. The summed E-state index contributed by atoms with van der Waals surface area (Å²) in [6.07, 6.45) is 1.83. The molecule has 3 N–H and O–H groups in total. The third-order valence-corrected chi connectivity index (χ3v) is 3.48. The van der Waals surface area contributed by atoms with Crippen molar-refractivity contribution in [2.45, 2.75) is 45.3 Å². The molecule has 0 aromatic carbocycles. The summed E-state index contributed by atoms with van der Waals surface area (Å²) in [5.74, 6) is 0.424. The van der Waals surface area contributed by atoms with Crippen LogP contribution in [-0.2, 0) is 14.3 Å². The Kier molecular flexibility index (Phi) is 8.57. The van der Waals surface area contributed by atoms with Gasteiger partial charge in [0.05, 0.1) is 18.8 Å². The molecular weight excluding hydrogens is 268 g/mol. The van der Waals surface area contributed by atoms with Crippen LogP contribution in [0.3, 0.4) is 0 Å². The lowest BCUT2D eigenvalue weighted by molar-refractivity contribution is -0.134. The number of rotatable bonds is 9. The van der Waals surface area contributed by atoms with E-state index in [1.54, 1.807) is 6.92 Å². The molecule has 0 spiro atoms. The smallest absolute Gasteiger partial charge is 0.249 e. The van der Waals surface area contributed by atoms with Gasteiger partial charge in [0.2, 0.25) is 5.91 Å². The number of amides is 1. The second kappa shape index (κ2) is 8.74. The van der Waals surface area contributed by atoms with Gasteiger partial charge in [-0.25, -0.2) is 0 Å². The highest BCUT2D eigenvalue weighted by Gasteiger charge is 2.42. The number of halogens is 1. The lowest BCUT2D eigenvalue weighted by Gasteiger charge is -2.30. The van der Waals surface area contributed by atoms with Crippen LogP contribution in [0.1, 0.15) is 33.6 Å². The van der Waals surface area contributed by atoms with Gasteiger partial charge in [-0.2, -0.15) is 0 Å². The van der Waals surface area contributed by atoms with E-state index < -0.39 is 6.10 Å². The second-order valence-electron chi connectivity index (χ2n) is 5.10. The highest BCUT2D eigenvalue weighted by atomic mass is 35.5.